The van der Waals surface area contributed by atoms with Gasteiger partial charge in [-0.2, -0.15) is 0 Å². The van der Waals surface area contributed by atoms with Crippen molar-refractivity contribution in [3.63, 3.8) is 0 Å². The number of anilines is 1. The molecule has 0 bridgehead atoms. The second-order valence-electron chi connectivity index (χ2n) is 3.14. The lowest BCUT2D eigenvalue weighted by atomic mass is 10.2. The highest BCUT2D eigenvalue weighted by Crippen LogP contribution is 2.13. The van der Waals surface area contributed by atoms with Crippen molar-refractivity contribution in [2.24, 2.45) is 5.73 Å². The first kappa shape index (κ1) is 10.1. The van der Waals surface area contributed by atoms with E-state index in [2.05, 4.69) is 24.4 Å². The molecule has 0 aromatic heterocycles. The Morgan fingerprint density at radius 1 is 1.31 bits per heavy atom. The molecular formula is C11H18N2. The van der Waals surface area contributed by atoms with Gasteiger partial charge >= 0.3 is 0 Å². The van der Waals surface area contributed by atoms with E-state index in [4.69, 9.17) is 5.73 Å². The van der Waals surface area contributed by atoms with Gasteiger partial charge in [0.1, 0.15) is 0 Å². The molecule has 0 aliphatic carbocycles. The Bertz CT molecular complexity index is 246. The first-order valence-electron chi connectivity index (χ1n) is 4.90. The van der Waals surface area contributed by atoms with Crippen LogP contribution < -0.4 is 11.1 Å². The van der Waals surface area contributed by atoms with Crippen molar-refractivity contribution in [3.05, 3.63) is 29.8 Å². The summed E-state index contributed by atoms with van der Waals surface area (Å²) >= 11 is 0. The molecule has 2 nitrogen and oxygen atoms in total. The smallest absolute Gasteiger partial charge is 0.0385 e. The van der Waals surface area contributed by atoms with Gasteiger partial charge in [-0.25, -0.2) is 0 Å². The molecule has 1 aromatic carbocycles. The zero-order valence-corrected chi connectivity index (χ0v) is 8.22. The first-order valence-corrected chi connectivity index (χ1v) is 4.90. The highest BCUT2D eigenvalue weighted by atomic mass is 14.9. The van der Waals surface area contributed by atoms with E-state index in [1.807, 2.05) is 12.1 Å². The SMILES string of the molecule is CCCCNc1ccccc1CN. The van der Waals surface area contributed by atoms with Crippen LogP contribution >= 0.6 is 0 Å². The molecule has 0 unspecified atom stereocenters. The number of rotatable bonds is 5. The average Bonchev–Trinajstić information content (AvgIpc) is 2.19. The molecule has 1 aromatic rings. The van der Waals surface area contributed by atoms with Crippen molar-refractivity contribution in [3.8, 4) is 0 Å². The Kier molecular flexibility index (Phi) is 4.33. The van der Waals surface area contributed by atoms with Crippen LogP contribution in [0.5, 0.6) is 0 Å². The van der Waals surface area contributed by atoms with E-state index in [0.29, 0.717) is 6.54 Å². The van der Waals surface area contributed by atoms with Crippen LogP contribution in [0.15, 0.2) is 24.3 Å². The van der Waals surface area contributed by atoms with Crippen molar-refractivity contribution >= 4 is 5.69 Å². The summed E-state index contributed by atoms with van der Waals surface area (Å²) in [7, 11) is 0. The maximum Gasteiger partial charge on any atom is 0.0385 e. The van der Waals surface area contributed by atoms with E-state index in [-0.39, 0.29) is 0 Å². The van der Waals surface area contributed by atoms with Gasteiger partial charge in [-0.1, -0.05) is 31.5 Å². The third kappa shape index (κ3) is 3.07. The maximum absolute atomic E-state index is 5.61. The topological polar surface area (TPSA) is 38.0 Å². The third-order valence-electron chi connectivity index (χ3n) is 2.08. The number of para-hydroxylation sites is 1. The minimum atomic E-state index is 0.606. The van der Waals surface area contributed by atoms with Gasteiger partial charge in [0.25, 0.3) is 0 Å². The van der Waals surface area contributed by atoms with Gasteiger partial charge in [-0.3, -0.25) is 0 Å². The van der Waals surface area contributed by atoms with Crippen molar-refractivity contribution < 1.29 is 0 Å². The zero-order chi connectivity index (χ0) is 9.52. The Morgan fingerprint density at radius 2 is 2.08 bits per heavy atom. The molecule has 0 heterocycles. The Morgan fingerprint density at radius 3 is 2.77 bits per heavy atom. The Balaban J connectivity index is 2.54. The molecule has 0 radical (unpaired) electrons. The van der Waals surface area contributed by atoms with Crippen LogP contribution in [-0.2, 0) is 6.54 Å². The van der Waals surface area contributed by atoms with Crippen LogP contribution in [0.4, 0.5) is 5.69 Å². The fraction of sp³-hybridized carbons (Fsp3) is 0.455. The van der Waals surface area contributed by atoms with Crippen molar-refractivity contribution in [1.82, 2.24) is 0 Å². The standard InChI is InChI=1S/C11H18N2/c1-2-3-8-13-11-7-5-4-6-10(11)9-12/h4-7,13H,2-3,8-9,12H2,1H3. The number of unbranched alkanes of at least 4 members (excludes halogenated alkanes) is 1. The summed E-state index contributed by atoms with van der Waals surface area (Å²) in [6.45, 7) is 3.83. The van der Waals surface area contributed by atoms with Gasteiger partial charge in [-0.15, -0.1) is 0 Å². The molecule has 2 heteroatoms. The average molecular weight is 178 g/mol. The molecule has 0 saturated carbocycles. The van der Waals surface area contributed by atoms with Crippen LogP contribution in [0, 0.1) is 0 Å². The second-order valence-corrected chi connectivity index (χ2v) is 3.14. The van der Waals surface area contributed by atoms with E-state index in [9.17, 15) is 0 Å². The number of hydrogen-bond acceptors (Lipinski definition) is 2. The number of benzene rings is 1. The molecule has 0 atom stereocenters. The van der Waals surface area contributed by atoms with Crippen molar-refractivity contribution in [1.29, 1.82) is 0 Å². The minimum absolute atomic E-state index is 0.606. The summed E-state index contributed by atoms with van der Waals surface area (Å²) in [6, 6.07) is 8.20. The fourth-order valence-corrected chi connectivity index (χ4v) is 1.27. The molecule has 0 fully saturated rings. The van der Waals surface area contributed by atoms with Gasteiger partial charge in [0.05, 0.1) is 0 Å². The number of hydrogen-bond donors (Lipinski definition) is 2. The zero-order valence-electron chi connectivity index (χ0n) is 8.22. The molecule has 72 valence electrons. The summed E-state index contributed by atoms with van der Waals surface area (Å²) in [5.74, 6) is 0. The van der Waals surface area contributed by atoms with Gasteiger partial charge in [0.2, 0.25) is 0 Å². The molecule has 0 aliphatic heterocycles. The quantitative estimate of drug-likeness (QED) is 0.679. The van der Waals surface area contributed by atoms with E-state index in [0.717, 1.165) is 6.54 Å². The number of nitrogens with one attached hydrogen (secondary N) is 1. The molecule has 0 spiro atoms. The molecule has 0 saturated heterocycles. The predicted octanol–water partition coefficient (Wildman–Crippen LogP) is 2.36. The van der Waals surface area contributed by atoms with Gasteiger partial charge in [0.15, 0.2) is 0 Å². The summed E-state index contributed by atoms with van der Waals surface area (Å²) in [4.78, 5) is 0. The maximum atomic E-state index is 5.61. The summed E-state index contributed by atoms with van der Waals surface area (Å²) < 4.78 is 0. The normalized spacial score (nSPS) is 10.0. The third-order valence-corrected chi connectivity index (χ3v) is 2.08. The van der Waals surface area contributed by atoms with Crippen LogP contribution in [0.2, 0.25) is 0 Å². The summed E-state index contributed by atoms with van der Waals surface area (Å²) in [5.41, 5.74) is 7.99. The Hall–Kier alpha value is -1.02. The van der Waals surface area contributed by atoms with Gasteiger partial charge in [0, 0.05) is 18.8 Å². The molecule has 1 rings (SSSR count). The molecule has 13 heavy (non-hydrogen) atoms. The predicted molar refractivity (Wildman–Crippen MR) is 57.7 cm³/mol. The van der Waals surface area contributed by atoms with Crippen LogP contribution in [0.25, 0.3) is 0 Å². The largest absolute Gasteiger partial charge is 0.385 e. The second kappa shape index (κ2) is 5.60. The lowest BCUT2D eigenvalue weighted by Gasteiger charge is -2.09. The van der Waals surface area contributed by atoms with E-state index in [1.165, 1.54) is 24.1 Å². The highest BCUT2D eigenvalue weighted by Gasteiger charge is 1.96. The molecular weight excluding hydrogens is 160 g/mol. The van der Waals surface area contributed by atoms with Crippen LogP contribution in [-0.4, -0.2) is 6.54 Å². The Labute approximate surface area is 80.1 Å². The monoisotopic (exact) mass is 178 g/mol. The van der Waals surface area contributed by atoms with Gasteiger partial charge in [-0.05, 0) is 18.1 Å². The van der Waals surface area contributed by atoms with E-state index in [1.54, 1.807) is 0 Å². The van der Waals surface area contributed by atoms with Gasteiger partial charge < -0.3 is 11.1 Å². The van der Waals surface area contributed by atoms with Crippen molar-refractivity contribution in [2.75, 3.05) is 11.9 Å². The van der Waals surface area contributed by atoms with Crippen LogP contribution in [0.1, 0.15) is 25.3 Å². The van der Waals surface area contributed by atoms with Crippen molar-refractivity contribution in [2.45, 2.75) is 26.3 Å². The molecule has 3 N–H and O–H groups in total. The van der Waals surface area contributed by atoms with Crippen LogP contribution in [0.3, 0.4) is 0 Å². The van der Waals surface area contributed by atoms with E-state index >= 15 is 0 Å². The summed E-state index contributed by atoms with van der Waals surface area (Å²) in [6.07, 6.45) is 2.43. The van der Waals surface area contributed by atoms with E-state index < -0.39 is 0 Å². The lowest BCUT2D eigenvalue weighted by molar-refractivity contribution is 0.832. The minimum Gasteiger partial charge on any atom is -0.385 e. The fourth-order valence-electron chi connectivity index (χ4n) is 1.27. The molecule has 0 aliphatic rings. The lowest BCUT2D eigenvalue weighted by Crippen LogP contribution is -2.06. The molecule has 0 amide bonds. The first-order chi connectivity index (χ1) is 6.38. The highest BCUT2D eigenvalue weighted by molar-refractivity contribution is 5.50. The summed E-state index contributed by atoms with van der Waals surface area (Å²) in [5, 5.41) is 3.39. The number of nitrogens with two attached hydrogens (primary N) is 1.